The van der Waals surface area contributed by atoms with E-state index in [1.165, 1.54) is 0 Å². The van der Waals surface area contributed by atoms with E-state index in [4.69, 9.17) is 27.9 Å². The number of carbonyl (C=O) groups excluding carboxylic acids is 1. The van der Waals surface area contributed by atoms with E-state index in [0.717, 1.165) is 30.1 Å². The van der Waals surface area contributed by atoms with Crippen molar-refractivity contribution in [2.45, 2.75) is 6.54 Å². The molecule has 0 saturated carbocycles. The summed E-state index contributed by atoms with van der Waals surface area (Å²) in [5.41, 5.74) is 2.06. The maximum Gasteiger partial charge on any atom is 0.317 e. The van der Waals surface area contributed by atoms with Crippen molar-refractivity contribution in [3.8, 4) is 5.75 Å². The Labute approximate surface area is 163 Å². The third kappa shape index (κ3) is 4.54. The third-order valence-electron chi connectivity index (χ3n) is 4.44. The van der Waals surface area contributed by atoms with Gasteiger partial charge in [0.05, 0.1) is 17.2 Å². The average Bonchev–Trinajstić information content (AvgIpc) is 2.69. The highest BCUT2D eigenvalue weighted by molar-refractivity contribution is 6.42. The van der Waals surface area contributed by atoms with Gasteiger partial charge in [-0.1, -0.05) is 35.3 Å². The summed E-state index contributed by atoms with van der Waals surface area (Å²) in [6.45, 7) is 3.33. The van der Waals surface area contributed by atoms with Crippen molar-refractivity contribution in [3.63, 3.8) is 0 Å². The van der Waals surface area contributed by atoms with E-state index >= 15 is 0 Å². The number of hydrogen-bond acceptors (Lipinski definition) is 3. The second-order valence-corrected chi connectivity index (χ2v) is 6.89. The van der Waals surface area contributed by atoms with Gasteiger partial charge in [0, 0.05) is 38.4 Å². The number of piperazine rings is 1. The minimum atomic E-state index is -0.0467. The van der Waals surface area contributed by atoms with Gasteiger partial charge in [0.25, 0.3) is 0 Å². The number of nitrogens with one attached hydrogen (secondary N) is 1. The number of anilines is 1. The van der Waals surface area contributed by atoms with Crippen LogP contribution < -0.4 is 15.0 Å². The standard InChI is InChI=1S/C19H21Cl2N3O2/c1-26-16-5-2-14(3-6-16)13-22-19(25)24-10-8-23(9-11-24)15-4-7-17(20)18(21)12-15/h2-7,12H,8-11,13H2,1H3,(H,22,25). The first-order chi connectivity index (χ1) is 12.6. The molecular weight excluding hydrogens is 373 g/mol. The van der Waals surface area contributed by atoms with E-state index in [1.54, 1.807) is 13.2 Å². The topological polar surface area (TPSA) is 44.8 Å². The van der Waals surface area contributed by atoms with Gasteiger partial charge in [0.1, 0.15) is 5.75 Å². The van der Waals surface area contributed by atoms with Crippen LogP contribution in [0.1, 0.15) is 5.56 Å². The van der Waals surface area contributed by atoms with Gasteiger partial charge < -0.3 is 19.9 Å². The Balaban J connectivity index is 1.49. The number of nitrogens with zero attached hydrogens (tertiary/aromatic N) is 2. The van der Waals surface area contributed by atoms with Gasteiger partial charge in [-0.05, 0) is 35.9 Å². The first-order valence-corrected chi connectivity index (χ1v) is 9.18. The van der Waals surface area contributed by atoms with Crippen LogP contribution in [0.5, 0.6) is 5.75 Å². The number of methoxy groups -OCH3 is 1. The van der Waals surface area contributed by atoms with E-state index in [1.807, 2.05) is 41.3 Å². The molecule has 2 amide bonds. The van der Waals surface area contributed by atoms with Crippen LogP contribution in [0.25, 0.3) is 0 Å². The molecule has 1 heterocycles. The first-order valence-electron chi connectivity index (χ1n) is 8.42. The molecule has 1 fully saturated rings. The molecule has 1 saturated heterocycles. The predicted octanol–water partition coefficient (Wildman–Crippen LogP) is 4.03. The highest BCUT2D eigenvalue weighted by atomic mass is 35.5. The summed E-state index contributed by atoms with van der Waals surface area (Å²) in [6, 6.07) is 13.2. The minimum absolute atomic E-state index is 0.0467. The fourth-order valence-corrected chi connectivity index (χ4v) is 3.17. The number of halogens is 2. The average molecular weight is 394 g/mol. The summed E-state index contributed by atoms with van der Waals surface area (Å²) in [5.74, 6) is 0.804. The number of amides is 2. The maximum atomic E-state index is 12.4. The van der Waals surface area contributed by atoms with Gasteiger partial charge in [-0.3, -0.25) is 0 Å². The Morgan fingerprint density at radius 1 is 1.04 bits per heavy atom. The molecule has 0 atom stereocenters. The second-order valence-electron chi connectivity index (χ2n) is 6.08. The lowest BCUT2D eigenvalue weighted by atomic mass is 10.2. The molecule has 1 aliphatic heterocycles. The molecule has 7 heteroatoms. The van der Waals surface area contributed by atoms with Crippen LogP contribution in [0.2, 0.25) is 10.0 Å². The lowest BCUT2D eigenvalue weighted by Gasteiger charge is -2.36. The summed E-state index contributed by atoms with van der Waals surface area (Å²) >= 11 is 12.1. The van der Waals surface area contributed by atoms with E-state index in [9.17, 15) is 4.79 Å². The number of urea groups is 1. The largest absolute Gasteiger partial charge is 0.497 e. The Morgan fingerprint density at radius 3 is 2.35 bits per heavy atom. The van der Waals surface area contributed by atoms with E-state index in [0.29, 0.717) is 29.7 Å². The molecule has 0 aromatic heterocycles. The number of ether oxygens (including phenoxy) is 1. The Kier molecular flexibility index (Phi) is 6.12. The molecule has 1 N–H and O–H groups in total. The van der Waals surface area contributed by atoms with Gasteiger partial charge in [-0.2, -0.15) is 0 Å². The summed E-state index contributed by atoms with van der Waals surface area (Å²) in [4.78, 5) is 16.4. The maximum absolute atomic E-state index is 12.4. The molecule has 2 aromatic carbocycles. The lowest BCUT2D eigenvalue weighted by Crippen LogP contribution is -2.51. The smallest absolute Gasteiger partial charge is 0.317 e. The Morgan fingerprint density at radius 2 is 1.73 bits per heavy atom. The minimum Gasteiger partial charge on any atom is -0.497 e. The van der Waals surface area contributed by atoms with E-state index in [-0.39, 0.29) is 6.03 Å². The molecule has 138 valence electrons. The number of rotatable bonds is 4. The normalized spacial score (nSPS) is 14.3. The van der Waals surface area contributed by atoms with Gasteiger partial charge in [0.2, 0.25) is 0 Å². The highest BCUT2D eigenvalue weighted by Gasteiger charge is 2.21. The summed E-state index contributed by atoms with van der Waals surface area (Å²) < 4.78 is 5.13. The summed E-state index contributed by atoms with van der Waals surface area (Å²) in [5, 5.41) is 4.06. The quantitative estimate of drug-likeness (QED) is 0.852. The van der Waals surface area contributed by atoms with Crippen molar-refractivity contribution >= 4 is 34.9 Å². The van der Waals surface area contributed by atoms with Crippen molar-refractivity contribution in [3.05, 3.63) is 58.1 Å². The van der Waals surface area contributed by atoms with Gasteiger partial charge in [0.15, 0.2) is 0 Å². The van der Waals surface area contributed by atoms with E-state index < -0.39 is 0 Å². The fourth-order valence-electron chi connectivity index (χ4n) is 2.88. The zero-order chi connectivity index (χ0) is 18.5. The van der Waals surface area contributed by atoms with Crippen LogP contribution in [0.4, 0.5) is 10.5 Å². The fraction of sp³-hybridized carbons (Fsp3) is 0.316. The van der Waals surface area contributed by atoms with Crippen LogP contribution in [-0.4, -0.2) is 44.2 Å². The molecule has 2 aromatic rings. The lowest BCUT2D eigenvalue weighted by molar-refractivity contribution is 0.194. The van der Waals surface area contributed by atoms with Crippen molar-refractivity contribution in [1.29, 1.82) is 0 Å². The second kappa shape index (κ2) is 8.52. The zero-order valence-corrected chi connectivity index (χ0v) is 16.1. The summed E-state index contributed by atoms with van der Waals surface area (Å²) in [7, 11) is 1.63. The number of hydrogen-bond donors (Lipinski definition) is 1. The van der Waals surface area contributed by atoms with Crippen LogP contribution in [0, 0.1) is 0 Å². The molecule has 0 radical (unpaired) electrons. The summed E-state index contributed by atoms with van der Waals surface area (Å²) in [6.07, 6.45) is 0. The molecule has 26 heavy (non-hydrogen) atoms. The number of benzene rings is 2. The first kappa shape index (κ1) is 18.7. The monoisotopic (exact) mass is 393 g/mol. The van der Waals surface area contributed by atoms with Crippen molar-refractivity contribution in [1.82, 2.24) is 10.2 Å². The van der Waals surface area contributed by atoms with Crippen LogP contribution in [-0.2, 0) is 6.54 Å². The molecule has 0 unspecified atom stereocenters. The predicted molar refractivity (Wildman–Crippen MR) is 105 cm³/mol. The zero-order valence-electron chi connectivity index (χ0n) is 14.5. The van der Waals surface area contributed by atoms with Crippen LogP contribution >= 0.6 is 23.2 Å². The molecule has 1 aliphatic rings. The number of carbonyl (C=O) groups is 1. The molecule has 3 rings (SSSR count). The van der Waals surface area contributed by atoms with Crippen molar-refractivity contribution in [2.75, 3.05) is 38.2 Å². The SMILES string of the molecule is COc1ccc(CNC(=O)N2CCN(c3ccc(Cl)c(Cl)c3)CC2)cc1. The highest BCUT2D eigenvalue weighted by Crippen LogP contribution is 2.27. The van der Waals surface area contributed by atoms with Gasteiger partial charge >= 0.3 is 6.03 Å². The molecular formula is C19H21Cl2N3O2. The van der Waals surface area contributed by atoms with E-state index in [2.05, 4.69) is 10.2 Å². The molecule has 0 bridgehead atoms. The van der Waals surface area contributed by atoms with Gasteiger partial charge in [-0.15, -0.1) is 0 Å². The van der Waals surface area contributed by atoms with Crippen molar-refractivity contribution < 1.29 is 9.53 Å². The Hall–Kier alpha value is -2.11. The van der Waals surface area contributed by atoms with Crippen LogP contribution in [0.15, 0.2) is 42.5 Å². The Bertz CT molecular complexity index is 760. The third-order valence-corrected chi connectivity index (χ3v) is 5.18. The molecule has 5 nitrogen and oxygen atoms in total. The molecule has 0 spiro atoms. The van der Waals surface area contributed by atoms with Crippen LogP contribution in [0.3, 0.4) is 0 Å². The molecule has 0 aliphatic carbocycles. The van der Waals surface area contributed by atoms with Gasteiger partial charge in [-0.25, -0.2) is 4.79 Å². The van der Waals surface area contributed by atoms with Crippen molar-refractivity contribution in [2.24, 2.45) is 0 Å².